The van der Waals surface area contributed by atoms with Crippen molar-refractivity contribution < 1.29 is 22.4 Å². The summed E-state index contributed by atoms with van der Waals surface area (Å²) in [5, 5.41) is 3.32. The predicted octanol–water partition coefficient (Wildman–Crippen LogP) is 6.54. The Balaban J connectivity index is 1.83. The largest absolute Gasteiger partial charge is 0.350 e. The molecule has 0 aliphatic heterocycles. The molecule has 0 aliphatic rings. The summed E-state index contributed by atoms with van der Waals surface area (Å²) in [6.45, 7) is 6.39. The van der Waals surface area contributed by atoms with Gasteiger partial charge in [-0.1, -0.05) is 72.3 Å². The Morgan fingerprint density at radius 1 is 0.889 bits per heavy atom. The maximum atomic E-state index is 15.0. The van der Waals surface area contributed by atoms with Crippen LogP contribution >= 0.6 is 11.6 Å². The molecular weight excluding hydrogens is 613 g/mol. The average Bonchev–Trinajstić information content (AvgIpc) is 2.98. The first kappa shape index (κ1) is 33.7. The first-order chi connectivity index (χ1) is 21.2. The average molecular weight is 650 g/mol. The van der Waals surface area contributed by atoms with Crippen LogP contribution in [-0.2, 0) is 32.6 Å². The van der Waals surface area contributed by atoms with E-state index in [1.807, 2.05) is 64.1 Å². The van der Waals surface area contributed by atoms with E-state index in [0.29, 0.717) is 5.02 Å². The van der Waals surface area contributed by atoms with Crippen LogP contribution in [0.1, 0.15) is 37.5 Å². The number of hydrogen-bond acceptors (Lipinski definition) is 4. The van der Waals surface area contributed by atoms with Crippen LogP contribution in [0.5, 0.6) is 0 Å². The molecule has 0 unspecified atom stereocenters. The molecule has 0 aliphatic carbocycles. The molecule has 0 spiro atoms. The van der Waals surface area contributed by atoms with Crippen LogP contribution < -0.4 is 9.62 Å². The first-order valence-corrected chi connectivity index (χ1v) is 16.3. The van der Waals surface area contributed by atoms with Gasteiger partial charge in [-0.2, -0.15) is 0 Å². The second-order valence-electron chi connectivity index (χ2n) is 11.9. The quantitative estimate of drug-likeness (QED) is 0.200. The van der Waals surface area contributed by atoms with Crippen molar-refractivity contribution >= 4 is 39.1 Å². The predicted molar refractivity (Wildman–Crippen MR) is 176 cm³/mol. The molecule has 4 aromatic rings. The third-order valence-corrected chi connectivity index (χ3v) is 9.08. The molecule has 2 amide bonds. The molecule has 0 bridgehead atoms. The Morgan fingerprint density at radius 3 is 2.16 bits per heavy atom. The molecule has 0 saturated carbocycles. The van der Waals surface area contributed by atoms with Gasteiger partial charge in [-0.15, -0.1) is 0 Å². The van der Waals surface area contributed by atoms with E-state index in [2.05, 4.69) is 5.32 Å². The zero-order valence-electron chi connectivity index (χ0n) is 25.7. The van der Waals surface area contributed by atoms with E-state index in [0.717, 1.165) is 15.4 Å². The Labute approximate surface area is 269 Å². The fraction of sp³-hybridized carbons (Fsp3) is 0.257. The highest BCUT2D eigenvalue weighted by atomic mass is 35.5. The second kappa shape index (κ2) is 14.3. The Bertz CT molecular complexity index is 1740. The standard InChI is InChI=1S/C35H37ClFN3O4S/c1-25-11-10-15-29(21-25)40(45(43,44)30-19-17-28(36)18-20-30)24-33(41)39(23-27-14-8-9-16-31(27)37)32(34(42)38-35(2,3)4)22-26-12-6-5-7-13-26/h5-21,32H,22-24H2,1-4H3,(H,38,42)/t32-/m1/s1. The van der Waals surface area contributed by atoms with E-state index >= 15 is 4.39 Å². The minimum absolute atomic E-state index is 0.0619. The number of hydrogen-bond donors (Lipinski definition) is 1. The zero-order valence-corrected chi connectivity index (χ0v) is 27.3. The molecule has 236 valence electrons. The van der Waals surface area contributed by atoms with E-state index in [1.54, 1.807) is 30.3 Å². The van der Waals surface area contributed by atoms with Crippen molar-refractivity contribution in [2.45, 2.75) is 57.1 Å². The number of amides is 2. The summed E-state index contributed by atoms with van der Waals surface area (Å²) in [4.78, 5) is 29.6. The first-order valence-electron chi connectivity index (χ1n) is 14.5. The van der Waals surface area contributed by atoms with E-state index in [-0.39, 0.29) is 29.1 Å². The number of rotatable bonds is 11. The lowest BCUT2D eigenvalue weighted by Crippen LogP contribution is -2.56. The van der Waals surface area contributed by atoms with Gasteiger partial charge in [-0.3, -0.25) is 13.9 Å². The van der Waals surface area contributed by atoms with Crippen molar-refractivity contribution in [3.63, 3.8) is 0 Å². The van der Waals surface area contributed by atoms with E-state index in [4.69, 9.17) is 11.6 Å². The maximum absolute atomic E-state index is 15.0. The van der Waals surface area contributed by atoms with Crippen molar-refractivity contribution in [1.29, 1.82) is 0 Å². The van der Waals surface area contributed by atoms with Gasteiger partial charge < -0.3 is 10.2 Å². The van der Waals surface area contributed by atoms with Crippen LogP contribution in [0.4, 0.5) is 10.1 Å². The summed E-state index contributed by atoms with van der Waals surface area (Å²) < 4.78 is 44.2. The lowest BCUT2D eigenvalue weighted by molar-refractivity contribution is -0.140. The molecule has 1 N–H and O–H groups in total. The van der Waals surface area contributed by atoms with E-state index < -0.39 is 45.8 Å². The summed E-state index contributed by atoms with van der Waals surface area (Å²) in [5.41, 5.74) is 1.38. The molecule has 7 nitrogen and oxygen atoms in total. The number of aryl methyl sites for hydroxylation is 1. The summed E-state index contributed by atoms with van der Waals surface area (Å²) in [6, 6.07) is 26.5. The summed E-state index contributed by atoms with van der Waals surface area (Å²) >= 11 is 6.03. The Hall–Kier alpha value is -4.21. The van der Waals surface area contributed by atoms with Crippen LogP contribution in [0, 0.1) is 12.7 Å². The number of benzene rings is 4. The number of nitrogens with one attached hydrogen (secondary N) is 1. The van der Waals surface area contributed by atoms with Crippen molar-refractivity contribution in [2.24, 2.45) is 0 Å². The SMILES string of the molecule is Cc1cccc(N(CC(=O)N(Cc2ccccc2F)[C@H](Cc2ccccc2)C(=O)NC(C)(C)C)S(=O)(=O)c2ccc(Cl)cc2)c1. The number of halogens is 2. The van der Waals surface area contributed by atoms with E-state index in [9.17, 15) is 18.0 Å². The van der Waals surface area contributed by atoms with Gasteiger partial charge in [0.25, 0.3) is 10.0 Å². The van der Waals surface area contributed by atoms with Gasteiger partial charge in [0.15, 0.2) is 0 Å². The van der Waals surface area contributed by atoms with Crippen molar-refractivity contribution in [1.82, 2.24) is 10.2 Å². The molecule has 10 heteroatoms. The van der Waals surface area contributed by atoms with Crippen LogP contribution in [0.2, 0.25) is 5.02 Å². The highest BCUT2D eigenvalue weighted by Gasteiger charge is 2.36. The molecule has 4 rings (SSSR count). The number of anilines is 1. The third kappa shape index (κ3) is 8.93. The number of sulfonamides is 1. The zero-order chi connectivity index (χ0) is 32.8. The third-order valence-electron chi connectivity index (χ3n) is 7.04. The molecule has 0 saturated heterocycles. The Kier molecular flexibility index (Phi) is 10.7. The summed E-state index contributed by atoms with van der Waals surface area (Å²) in [6.07, 6.45) is 0.122. The number of nitrogens with zero attached hydrogens (tertiary/aromatic N) is 2. The summed E-state index contributed by atoms with van der Waals surface area (Å²) in [7, 11) is -4.28. The maximum Gasteiger partial charge on any atom is 0.264 e. The molecule has 0 aromatic heterocycles. The van der Waals surface area contributed by atoms with Crippen molar-refractivity contribution in [2.75, 3.05) is 10.8 Å². The van der Waals surface area contributed by atoms with Gasteiger partial charge in [0.2, 0.25) is 11.8 Å². The highest BCUT2D eigenvalue weighted by Crippen LogP contribution is 2.27. The van der Waals surface area contributed by atoms with Gasteiger partial charge in [-0.05, 0) is 81.3 Å². The van der Waals surface area contributed by atoms with Crippen LogP contribution in [0.25, 0.3) is 0 Å². The lowest BCUT2D eigenvalue weighted by atomic mass is 10.0. The van der Waals surface area contributed by atoms with Gasteiger partial charge in [0.1, 0.15) is 18.4 Å². The second-order valence-corrected chi connectivity index (χ2v) is 14.2. The van der Waals surface area contributed by atoms with Gasteiger partial charge in [0.05, 0.1) is 10.6 Å². The monoisotopic (exact) mass is 649 g/mol. The van der Waals surface area contributed by atoms with Crippen molar-refractivity contribution in [3.05, 3.63) is 131 Å². The molecule has 45 heavy (non-hydrogen) atoms. The normalized spacial score (nSPS) is 12.3. The van der Waals surface area contributed by atoms with Gasteiger partial charge in [-0.25, -0.2) is 12.8 Å². The number of carbonyl (C=O) groups is 2. The van der Waals surface area contributed by atoms with Crippen LogP contribution in [0.15, 0.2) is 108 Å². The van der Waals surface area contributed by atoms with Crippen LogP contribution in [0.3, 0.4) is 0 Å². The molecule has 0 radical (unpaired) electrons. The minimum Gasteiger partial charge on any atom is -0.350 e. The van der Waals surface area contributed by atoms with Gasteiger partial charge in [0, 0.05) is 29.1 Å². The fourth-order valence-corrected chi connectivity index (χ4v) is 6.39. The minimum atomic E-state index is -4.28. The smallest absolute Gasteiger partial charge is 0.264 e. The number of carbonyl (C=O) groups excluding carboxylic acids is 2. The van der Waals surface area contributed by atoms with Crippen LogP contribution in [-0.4, -0.2) is 43.3 Å². The molecule has 4 aromatic carbocycles. The lowest BCUT2D eigenvalue weighted by Gasteiger charge is -2.35. The summed E-state index contributed by atoms with van der Waals surface area (Å²) in [5.74, 6) is -1.67. The molecular formula is C35H37ClFN3O4S. The van der Waals surface area contributed by atoms with Crippen molar-refractivity contribution in [3.8, 4) is 0 Å². The Morgan fingerprint density at radius 2 is 1.53 bits per heavy atom. The highest BCUT2D eigenvalue weighted by molar-refractivity contribution is 7.92. The fourth-order valence-electron chi connectivity index (χ4n) is 4.86. The van der Waals surface area contributed by atoms with Gasteiger partial charge >= 0.3 is 0 Å². The molecule has 0 fully saturated rings. The van der Waals surface area contributed by atoms with E-state index in [1.165, 1.54) is 41.3 Å². The topological polar surface area (TPSA) is 86.8 Å². The molecule has 1 atom stereocenters. The molecule has 0 heterocycles.